The van der Waals surface area contributed by atoms with Crippen molar-refractivity contribution < 1.29 is 14.3 Å². The molecule has 1 aliphatic heterocycles. The maximum Gasteiger partial charge on any atom is 0.222 e. The third-order valence-corrected chi connectivity index (χ3v) is 4.35. The van der Waals surface area contributed by atoms with Crippen LogP contribution < -0.4 is 5.32 Å². The van der Waals surface area contributed by atoms with Gasteiger partial charge in [0.15, 0.2) is 0 Å². The van der Waals surface area contributed by atoms with Crippen LogP contribution in [0, 0.1) is 0 Å². The fourth-order valence-electron chi connectivity index (χ4n) is 2.54. The maximum absolute atomic E-state index is 12.0. The molecule has 5 heteroatoms. The molecule has 0 saturated carbocycles. The average Bonchev–Trinajstić information content (AvgIpc) is 3.03. The van der Waals surface area contributed by atoms with Gasteiger partial charge in [-0.25, -0.2) is 0 Å². The van der Waals surface area contributed by atoms with Gasteiger partial charge in [0.25, 0.3) is 0 Å². The van der Waals surface area contributed by atoms with Gasteiger partial charge in [-0.15, -0.1) is 0 Å². The minimum atomic E-state index is 0.0297. The van der Waals surface area contributed by atoms with E-state index in [4.69, 9.17) is 9.47 Å². The van der Waals surface area contributed by atoms with Crippen LogP contribution in [0.1, 0.15) is 44.2 Å². The lowest BCUT2D eigenvalue weighted by Crippen LogP contribution is -2.29. The first-order valence-corrected chi connectivity index (χ1v) is 8.72. The maximum atomic E-state index is 12.0. The molecule has 1 aliphatic rings. The monoisotopic (exact) mass is 369 g/mol. The normalized spacial score (nSPS) is 19.1. The Bertz CT molecular complexity index is 457. The van der Waals surface area contributed by atoms with Gasteiger partial charge in [-0.05, 0) is 37.0 Å². The Morgan fingerprint density at radius 3 is 2.86 bits per heavy atom. The molecule has 2 rings (SSSR count). The zero-order valence-electron chi connectivity index (χ0n) is 13.0. The van der Waals surface area contributed by atoms with Crippen molar-refractivity contribution in [3.63, 3.8) is 0 Å². The van der Waals surface area contributed by atoms with Crippen molar-refractivity contribution >= 4 is 21.8 Å². The SMILES string of the molecule is CCC(NC(=O)CCOCC1CCCO1)c1ccc(Br)cc1. The van der Waals surface area contributed by atoms with Crippen LogP contribution in [0.2, 0.25) is 0 Å². The molecule has 0 aliphatic carbocycles. The predicted molar refractivity (Wildman–Crippen MR) is 89.7 cm³/mol. The largest absolute Gasteiger partial charge is 0.378 e. The number of carbonyl (C=O) groups is 1. The second-order valence-electron chi connectivity index (χ2n) is 5.54. The number of carbonyl (C=O) groups excluding carboxylic acids is 1. The molecular weight excluding hydrogens is 346 g/mol. The molecule has 2 unspecified atom stereocenters. The Kier molecular flexibility index (Phi) is 7.36. The van der Waals surface area contributed by atoms with Gasteiger partial charge in [-0.1, -0.05) is 35.0 Å². The number of benzene rings is 1. The van der Waals surface area contributed by atoms with E-state index in [2.05, 4.69) is 28.2 Å². The van der Waals surface area contributed by atoms with Crippen LogP contribution in [0.4, 0.5) is 0 Å². The van der Waals surface area contributed by atoms with Crippen LogP contribution in [0.15, 0.2) is 28.7 Å². The quantitative estimate of drug-likeness (QED) is 0.712. The van der Waals surface area contributed by atoms with Gasteiger partial charge < -0.3 is 14.8 Å². The van der Waals surface area contributed by atoms with Crippen LogP contribution in [-0.2, 0) is 14.3 Å². The van der Waals surface area contributed by atoms with Crippen molar-refractivity contribution in [1.29, 1.82) is 0 Å². The highest BCUT2D eigenvalue weighted by Gasteiger charge is 2.16. The molecule has 0 bridgehead atoms. The first-order valence-electron chi connectivity index (χ1n) is 7.93. The fourth-order valence-corrected chi connectivity index (χ4v) is 2.80. The molecule has 1 aromatic carbocycles. The molecule has 0 aromatic heterocycles. The zero-order valence-corrected chi connectivity index (χ0v) is 14.6. The molecule has 22 heavy (non-hydrogen) atoms. The highest BCUT2D eigenvalue weighted by atomic mass is 79.9. The summed E-state index contributed by atoms with van der Waals surface area (Å²) >= 11 is 3.42. The summed E-state index contributed by atoms with van der Waals surface area (Å²) in [4.78, 5) is 12.0. The number of hydrogen-bond donors (Lipinski definition) is 1. The Morgan fingerprint density at radius 2 is 2.23 bits per heavy atom. The predicted octanol–water partition coefficient (Wildman–Crippen LogP) is 3.60. The van der Waals surface area contributed by atoms with E-state index in [-0.39, 0.29) is 18.1 Å². The van der Waals surface area contributed by atoms with Gasteiger partial charge in [0, 0.05) is 17.5 Å². The summed E-state index contributed by atoms with van der Waals surface area (Å²) in [5, 5.41) is 3.07. The number of hydrogen-bond acceptors (Lipinski definition) is 3. The van der Waals surface area contributed by atoms with E-state index in [0.29, 0.717) is 19.6 Å². The Morgan fingerprint density at radius 1 is 1.45 bits per heavy atom. The Labute approximate surface area is 140 Å². The van der Waals surface area contributed by atoms with Gasteiger partial charge in [-0.2, -0.15) is 0 Å². The lowest BCUT2D eigenvalue weighted by atomic mass is 10.0. The molecule has 0 radical (unpaired) electrons. The van der Waals surface area contributed by atoms with E-state index in [1.54, 1.807) is 0 Å². The molecule has 1 N–H and O–H groups in total. The number of ether oxygens (including phenoxy) is 2. The van der Waals surface area contributed by atoms with Crippen LogP contribution in [-0.4, -0.2) is 31.8 Å². The van der Waals surface area contributed by atoms with E-state index in [9.17, 15) is 4.79 Å². The average molecular weight is 370 g/mol. The molecule has 1 saturated heterocycles. The van der Waals surface area contributed by atoms with E-state index < -0.39 is 0 Å². The Balaban J connectivity index is 1.68. The summed E-state index contributed by atoms with van der Waals surface area (Å²) in [5.41, 5.74) is 1.12. The zero-order chi connectivity index (χ0) is 15.8. The number of rotatable bonds is 8. The Hall–Kier alpha value is -0.910. The van der Waals surface area contributed by atoms with E-state index in [1.165, 1.54) is 0 Å². The molecular formula is C17H24BrNO3. The van der Waals surface area contributed by atoms with Gasteiger partial charge in [0.2, 0.25) is 5.91 Å². The van der Waals surface area contributed by atoms with Gasteiger partial charge in [0.05, 0.1) is 25.4 Å². The molecule has 1 aromatic rings. The topological polar surface area (TPSA) is 47.6 Å². The highest BCUT2D eigenvalue weighted by Crippen LogP contribution is 2.19. The van der Waals surface area contributed by atoms with Gasteiger partial charge >= 0.3 is 0 Å². The summed E-state index contributed by atoms with van der Waals surface area (Å²) in [6.45, 7) is 3.94. The highest BCUT2D eigenvalue weighted by molar-refractivity contribution is 9.10. The van der Waals surface area contributed by atoms with Crippen molar-refractivity contribution in [2.75, 3.05) is 19.8 Å². The van der Waals surface area contributed by atoms with Crippen molar-refractivity contribution in [1.82, 2.24) is 5.32 Å². The number of nitrogens with one attached hydrogen (secondary N) is 1. The van der Waals surface area contributed by atoms with Crippen LogP contribution in [0.25, 0.3) is 0 Å². The second kappa shape index (κ2) is 9.28. The van der Waals surface area contributed by atoms with Crippen LogP contribution in [0.3, 0.4) is 0 Å². The summed E-state index contributed by atoms with van der Waals surface area (Å²) in [7, 11) is 0. The third kappa shape index (κ3) is 5.71. The van der Waals surface area contributed by atoms with Gasteiger partial charge in [-0.3, -0.25) is 4.79 Å². The van der Waals surface area contributed by atoms with E-state index >= 15 is 0 Å². The lowest BCUT2D eigenvalue weighted by Gasteiger charge is -2.18. The third-order valence-electron chi connectivity index (χ3n) is 3.82. The van der Waals surface area contributed by atoms with Crippen molar-refractivity contribution in [3.8, 4) is 0 Å². The second-order valence-corrected chi connectivity index (χ2v) is 6.46. The molecule has 1 amide bonds. The van der Waals surface area contributed by atoms with Crippen LogP contribution >= 0.6 is 15.9 Å². The van der Waals surface area contributed by atoms with Crippen LogP contribution in [0.5, 0.6) is 0 Å². The first kappa shape index (κ1) is 17.4. The summed E-state index contributed by atoms with van der Waals surface area (Å²) in [6, 6.07) is 8.11. The van der Waals surface area contributed by atoms with Crippen molar-refractivity contribution in [2.45, 2.75) is 44.8 Å². The molecule has 1 heterocycles. The standard InChI is InChI=1S/C17H24BrNO3/c1-2-16(13-5-7-14(18)8-6-13)19-17(20)9-11-21-12-15-4-3-10-22-15/h5-8,15-16H,2-4,9-12H2,1H3,(H,19,20). The van der Waals surface area contributed by atoms with E-state index in [0.717, 1.165) is 35.9 Å². The van der Waals surface area contributed by atoms with Gasteiger partial charge in [0.1, 0.15) is 0 Å². The minimum Gasteiger partial charge on any atom is -0.378 e. The molecule has 4 nitrogen and oxygen atoms in total. The van der Waals surface area contributed by atoms with Crippen molar-refractivity contribution in [2.24, 2.45) is 0 Å². The number of halogens is 1. The van der Waals surface area contributed by atoms with Crippen molar-refractivity contribution in [3.05, 3.63) is 34.3 Å². The summed E-state index contributed by atoms with van der Waals surface area (Å²) in [5.74, 6) is 0.0297. The number of amides is 1. The lowest BCUT2D eigenvalue weighted by molar-refractivity contribution is -0.123. The summed E-state index contributed by atoms with van der Waals surface area (Å²) in [6.07, 6.45) is 3.64. The minimum absolute atomic E-state index is 0.0297. The molecule has 0 spiro atoms. The smallest absolute Gasteiger partial charge is 0.222 e. The van der Waals surface area contributed by atoms with E-state index in [1.807, 2.05) is 24.3 Å². The molecule has 2 atom stereocenters. The molecule has 122 valence electrons. The summed E-state index contributed by atoms with van der Waals surface area (Å²) < 4.78 is 12.1. The molecule has 1 fully saturated rings. The first-order chi connectivity index (χ1) is 10.7. The fraction of sp³-hybridized carbons (Fsp3) is 0.588.